The predicted octanol–water partition coefficient (Wildman–Crippen LogP) is 6.29. The highest BCUT2D eigenvalue weighted by molar-refractivity contribution is 7.99. The number of carbonyl (C=O) groups is 1. The average Bonchev–Trinajstić information content (AvgIpc) is 2.76. The molecule has 0 radical (unpaired) electrons. The van der Waals surface area contributed by atoms with E-state index in [4.69, 9.17) is 11.6 Å². The van der Waals surface area contributed by atoms with Crippen LogP contribution in [0.4, 0.5) is 11.4 Å². The molecule has 0 saturated heterocycles. The first-order chi connectivity index (χ1) is 15.6. The van der Waals surface area contributed by atoms with E-state index >= 15 is 0 Å². The number of halogens is 1. The molecule has 0 saturated carbocycles. The van der Waals surface area contributed by atoms with Gasteiger partial charge < -0.3 is 19.4 Å². The van der Waals surface area contributed by atoms with Crippen LogP contribution in [0.1, 0.15) is 22.3 Å². The number of aliphatic carboxylic acids is 1. The van der Waals surface area contributed by atoms with Gasteiger partial charge in [-0.25, -0.2) is 0 Å². The van der Waals surface area contributed by atoms with E-state index in [0.29, 0.717) is 16.1 Å². The number of hydrogen-bond acceptors (Lipinski definition) is 5. The fraction of sp³-hybridized carbons (Fsp3) is 0.269. The number of aromatic hydroxyl groups is 1. The van der Waals surface area contributed by atoms with Crippen molar-refractivity contribution in [2.45, 2.75) is 26.8 Å². The number of nitrogens with zero attached hydrogens (tertiary/aromatic N) is 2. The van der Waals surface area contributed by atoms with E-state index in [1.54, 1.807) is 24.1 Å². The summed E-state index contributed by atoms with van der Waals surface area (Å²) < 4.78 is 2.23. The molecule has 1 aliphatic heterocycles. The molecule has 4 rings (SSSR count). The minimum absolute atomic E-state index is 0.0392. The molecule has 2 N–H and O–H groups in total. The number of phenols is 1. The molecule has 0 spiro atoms. The standard InChI is InChI=1S/C26H27ClN2O3S/c1-14-21(12-23(31)32)24(20-8-6-17(27)11-22(20)30)15(2)25-19-9-7-18(28(3)4)10-16(19)13-29(33-5)26(14)25/h6-11,30H,12-13H2,1-5H3,(H,31,32). The maximum absolute atomic E-state index is 11.9. The quantitative estimate of drug-likeness (QED) is 0.417. The summed E-state index contributed by atoms with van der Waals surface area (Å²) >= 11 is 7.72. The van der Waals surface area contributed by atoms with Gasteiger partial charge in [-0.2, -0.15) is 0 Å². The fourth-order valence-corrected chi connectivity index (χ4v) is 5.61. The van der Waals surface area contributed by atoms with E-state index in [0.717, 1.165) is 45.7 Å². The molecule has 0 aromatic heterocycles. The molecule has 172 valence electrons. The van der Waals surface area contributed by atoms with Gasteiger partial charge in [-0.15, -0.1) is 0 Å². The topological polar surface area (TPSA) is 64.0 Å². The lowest BCUT2D eigenvalue weighted by Gasteiger charge is -2.36. The molecule has 1 heterocycles. The maximum Gasteiger partial charge on any atom is 0.307 e. The zero-order valence-electron chi connectivity index (χ0n) is 19.4. The zero-order valence-corrected chi connectivity index (χ0v) is 20.9. The molecule has 5 nitrogen and oxygen atoms in total. The summed E-state index contributed by atoms with van der Waals surface area (Å²) in [5, 5.41) is 20.9. The molecule has 1 aliphatic rings. The van der Waals surface area contributed by atoms with Gasteiger partial charge in [0.2, 0.25) is 0 Å². The highest BCUT2D eigenvalue weighted by Gasteiger charge is 2.31. The molecular weight excluding hydrogens is 456 g/mol. The third-order valence-corrected chi connectivity index (χ3v) is 7.30. The fourth-order valence-electron chi connectivity index (χ4n) is 4.76. The van der Waals surface area contributed by atoms with Crippen LogP contribution in [0.5, 0.6) is 5.75 Å². The molecular formula is C26H27ClN2O3S. The number of phenolic OH excluding ortho intramolecular Hbond substituents is 1. The monoisotopic (exact) mass is 482 g/mol. The van der Waals surface area contributed by atoms with Crippen LogP contribution in [0.25, 0.3) is 22.3 Å². The van der Waals surface area contributed by atoms with E-state index in [2.05, 4.69) is 27.4 Å². The number of carboxylic acids is 1. The van der Waals surface area contributed by atoms with Crippen molar-refractivity contribution in [2.75, 3.05) is 29.6 Å². The Bertz CT molecular complexity index is 1270. The number of benzene rings is 3. The third kappa shape index (κ3) is 4.02. The van der Waals surface area contributed by atoms with Crippen molar-refractivity contribution in [2.24, 2.45) is 0 Å². The van der Waals surface area contributed by atoms with Gasteiger partial charge in [-0.1, -0.05) is 29.6 Å². The molecule has 3 aromatic rings. The molecule has 0 atom stereocenters. The lowest BCUT2D eigenvalue weighted by atomic mass is 9.80. The van der Waals surface area contributed by atoms with Crippen LogP contribution in [-0.4, -0.2) is 36.5 Å². The lowest BCUT2D eigenvalue weighted by molar-refractivity contribution is -0.136. The van der Waals surface area contributed by atoms with E-state index < -0.39 is 5.97 Å². The SMILES string of the molecule is CSN1Cc2cc(N(C)C)ccc2-c2c(C)c(-c3ccc(Cl)cc3O)c(CC(=O)O)c(C)c21. The Morgan fingerprint density at radius 3 is 2.39 bits per heavy atom. The first-order valence-corrected chi connectivity index (χ1v) is 12.2. The minimum atomic E-state index is -0.908. The van der Waals surface area contributed by atoms with Crippen LogP contribution in [0.15, 0.2) is 36.4 Å². The molecule has 3 aromatic carbocycles. The highest BCUT2D eigenvalue weighted by atomic mass is 35.5. The van der Waals surface area contributed by atoms with Crippen LogP contribution in [0.2, 0.25) is 5.02 Å². The van der Waals surface area contributed by atoms with Crippen molar-refractivity contribution in [3.63, 3.8) is 0 Å². The predicted molar refractivity (Wildman–Crippen MR) is 139 cm³/mol. The van der Waals surface area contributed by atoms with Gasteiger partial charge in [0.25, 0.3) is 0 Å². The number of hydrogen-bond donors (Lipinski definition) is 2. The summed E-state index contributed by atoms with van der Waals surface area (Å²) in [7, 11) is 4.06. The molecule has 0 unspecified atom stereocenters. The van der Waals surface area contributed by atoms with Crippen LogP contribution in [0.3, 0.4) is 0 Å². The minimum Gasteiger partial charge on any atom is -0.507 e. The highest BCUT2D eigenvalue weighted by Crippen LogP contribution is 2.51. The van der Waals surface area contributed by atoms with E-state index in [1.165, 1.54) is 11.6 Å². The van der Waals surface area contributed by atoms with Gasteiger partial charge in [0, 0.05) is 42.2 Å². The lowest BCUT2D eigenvalue weighted by Crippen LogP contribution is -2.23. The van der Waals surface area contributed by atoms with E-state index in [9.17, 15) is 15.0 Å². The second kappa shape index (κ2) is 8.84. The van der Waals surface area contributed by atoms with Crippen LogP contribution >= 0.6 is 23.5 Å². The summed E-state index contributed by atoms with van der Waals surface area (Å²) in [5.41, 5.74) is 9.52. The van der Waals surface area contributed by atoms with E-state index in [1.807, 2.05) is 34.2 Å². The number of anilines is 2. The number of rotatable bonds is 5. The van der Waals surface area contributed by atoms with E-state index in [-0.39, 0.29) is 12.2 Å². The Balaban J connectivity index is 2.11. The van der Waals surface area contributed by atoms with Gasteiger partial charge in [0.1, 0.15) is 5.75 Å². The zero-order chi connectivity index (χ0) is 24.0. The van der Waals surface area contributed by atoms with Crippen molar-refractivity contribution in [3.05, 3.63) is 63.7 Å². The first kappa shape index (κ1) is 23.3. The normalized spacial score (nSPS) is 12.4. The molecule has 7 heteroatoms. The van der Waals surface area contributed by atoms with Crippen molar-refractivity contribution < 1.29 is 15.0 Å². The van der Waals surface area contributed by atoms with Crippen molar-refractivity contribution in [1.29, 1.82) is 0 Å². The van der Waals surface area contributed by atoms with Crippen LogP contribution in [0, 0.1) is 13.8 Å². The van der Waals surface area contributed by atoms with Gasteiger partial charge in [0.15, 0.2) is 0 Å². The Morgan fingerprint density at radius 2 is 1.79 bits per heavy atom. The Hall–Kier alpha value is -2.83. The van der Waals surface area contributed by atoms with Crippen molar-refractivity contribution >= 4 is 40.9 Å². The summed E-state index contributed by atoms with van der Waals surface area (Å²) in [6.45, 7) is 4.72. The smallest absolute Gasteiger partial charge is 0.307 e. The second-order valence-electron chi connectivity index (χ2n) is 8.51. The molecule has 0 bridgehead atoms. The van der Waals surface area contributed by atoms with Crippen LogP contribution < -0.4 is 9.21 Å². The Labute approximate surface area is 203 Å². The molecule has 0 aliphatic carbocycles. The molecule has 0 fully saturated rings. The van der Waals surface area contributed by atoms with Crippen molar-refractivity contribution in [3.8, 4) is 28.0 Å². The summed E-state index contributed by atoms with van der Waals surface area (Å²) in [5.74, 6) is -0.869. The Morgan fingerprint density at radius 1 is 1.09 bits per heavy atom. The van der Waals surface area contributed by atoms with Crippen LogP contribution in [-0.2, 0) is 17.8 Å². The Kier molecular flexibility index (Phi) is 6.25. The summed E-state index contributed by atoms with van der Waals surface area (Å²) in [6, 6.07) is 11.5. The molecule has 33 heavy (non-hydrogen) atoms. The van der Waals surface area contributed by atoms with Gasteiger partial charge in [-0.05, 0) is 77.6 Å². The maximum atomic E-state index is 11.9. The largest absolute Gasteiger partial charge is 0.507 e. The summed E-state index contributed by atoms with van der Waals surface area (Å²) in [4.78, 5) is 14.0. The summed E-state index contributed by atoms with van der Waals surface area (Å²) in [6.07, 6.45) is 1.90. The first-order valence-electron chi connectivity index (χ1n) is 10.6. The number of carboxylic acid groups (broad SMARTS) is 1. The van der Waals surface area contributed by atoms with Gasteiger partial charge in [0.05, 0.1) is 18.7 Å². The third-order valence-electron chi connectivity index (χ3n) is 6.31. The number of fused-ring (bicyclic) bond motifs is 3. The van der Waals surface area contributed by atoms with Crippen molar-refractivity contribution in [1.82, 2.24) is 0 Å². The average molecular weight is 483 g/mol. The van der Waals surface area contributed by atoms with Gasteiger partial charge >= 0.3 is 5.97 Å². The second-order valence-corrected chi connectivity index (χ2v) is 9.76. The van der Waals surface area contributed by atoms with Gasteiger partial charge in [-0.3, -0.25) is 4.79 Å². The molecule has 0 amide bonds.